The van der Waals surface area contributed by atoms with E-state index in [0.29, 0.717) is 24.9 Å². The van der Waals surface area contributed by atoms with Crippen molar-refractivity contribution in [1.82, 2.24) is 20.3 Å². The predicted molar refractivity (Wildman–Crippen MR) is 95.8 cm³/mol. The summed E-state index contributed by atoms with van der Waals surface area (Å²) in [5.74, 6) is 0.218. The number of rotatable bonds is 5. The number of pyridine rings is 1. The molecule has 1 atom stereocenters. The van der Waals surface area contributed by atoms with E-state index >= 15 is 0 Å². The molecule has 1 aliphatic heterocycles. The highest BCUT2D eigenvalue weighted by molar-refractivity contribution is 7.17. The zero-order valence-electron chi connectivity index (χ0n) is 13.6. The number of hydrogen-bond acceptors (Lipinski definition) is 7. The van der Waals surface area contributed by atoms with Gasteiger partial charge >= 0.3 is 0 Å². The molecule has 1 aliphatic rings. The molecule has 128 valence electrons. The van der Waals surface area contributed by atoms with Crippen LogP contribution in [0.25, 0.3) is 10.2 Å². The van der Waals surface area contributed by atoms with Crippen LogP contribution in [0.5, 0.6) is 0 Å². The average Bonchev–Trinajstić information content (AvgIpc) is 3.06. The van der Waals surface area contributed by atoms with Gasteiger partial charge in [0.25, 0.3) is 5.91 Å². The SMILES string of the molecule is C[C@H](Nc1nc(C(=O)NC2COC2)c2sccc2n1)c1ccccn1. The van der Waals surface area contributed by atoms with Gasteiger partial charge in [-0.15, -0.1) is 11.3 Å². The molecule has 1 fully saturated rings. The van der Waals surface area contributed by atoms with Gasteiger partial charge in [0.15, 0.2) is 5.69 Å². The van der Waals surface area contributed by atoms with Gasteiger partial charge in [-0.2, -0.15) is 0 Å². The molecular weight excluding hydrogens is 338 g/mol. The van der Waals surface area contributed by atoms with Gasteiger partial charge in [-0.3, -0.25) is 9.78 Å². The zero-order valence-corrected chi connectivity index (χ0v) is 14.4. The molecule has 25 heavy (non-hydrogen) atoms. The van der Waals surface area contributed by atoms with Crippen LogP contribution in [-0.2, 0) is 4.74 Å². The largest absolute Gasteiger partial charge is 0.377 e. The Bertz CT molecular complexity index is 894. The van der Waals surface area contributed by atoms with Crippen molar-refractivity contribution >= 4 is 33.4 Å². The number of anilines is 1. The molecule has 2 N–H and O–H groups in total. The number of nitrogens with zero attached hydrogens (tertiary/aromatic N) is 3. The van der Waals surface area contributed by atoms with Crippen molar-refractivity contribution in [2.24, 2.45) is 0 Å². The molecule has 3 aromatic rings. The molecule has 0 aromatic carbocycles. The average molecular weight is 355 g/mol. The van der Waals surface area contributed by atoms with Crippen molar-refractivity contribution in [3.8, 4) is 0 Å². The first-order valence-electron chi connectivity index (χ1n) is 8.02. The van der Waals surface area contributed by atoms with Crippen molar-refractivity contribution in [1.29, 1.82) is 0 Å². The van der Waals surface area contributed by atoms with Gasteiger partial charge in [0.05, 0.1) is 41.2 Å². The van der Waals surface area contributed by atoms with Gasteiger partial charge in [0.2, 0.25) is 5.95 Å². The Morgan fingerprint density at radius 3 is 2.92 bits per heavy atom. The number of hydrogen-bond donors (Lipinski definition) is 2. The highest BCUT2D eigenvalue weighted by Crippen LogP contribution is 2.25. The number of carbonyl (C=O) groups excluding carboxylic acids is 1. The van der Waals surface area contributed by atoms with Gasteiger partial charge < -0.3 is 15.4 Å². The van der Waals surface area contributed by atoms with Crippen LogP contribution in [0.4, 0.5) is 5.95 Å². The number of carbonyl (C=O) groups is 1. The molecule has 0 spiro atoms. The molecule has 0 unspecified atom stereocenters. The maximum Gasteiger partial charge on any atom is 0.271 e. The maximum absolute atomic E-state index is 12.6. The second-order valence-corrected chi connectivity index (χ2v) is 6.78. The number of fused-ring (bicyclic) bond motifs is 1. The summed E-state index contributed by atoms with van der Waals surface area (Å²) in [4.78, 5) is 25.9. The predicted octanol–water partition coefficient (Wildman–Crippen LogP) is 2.39. The lowest BCUT2D eigenvalue weighted by atomic mass is 10.2. The minimum atomic E-state index is -0.198. The summed E-state index contributed by atoms with van der Waals surface area (Å²) < 4.78 is 5.89. The smallest absolute Gasteiger partial charge is 0.271 e. The van der Waals surface area contributed by atoms with Gasteiger partial charge in [0, 0.05) is 6.20 Å². The maximum atomic E-state index is 12.6. The third kappa shape index (κ3) is 3.31. The fraction of sp³-hybridized carbons (Fsp3) is 0.294. The van der Waals surface area contributed by atoms with Crippen molar-refractivity contribution in [3.63, 3.8) is 0 Å². The molecule has 1 amide bonds. The molecule has 8 heteroatoms. The lowest BCUT2D eigenvalue weighted by Crippen LogP contribution is -2.48. The van der Waals surface area contributed by atoms with E-state index in [2.05, 4.69) is 25.6 Å². The molecule has 0 bridgehead atoms. The Hall–Kier alpha value is -2.58. The van der Waals surface area contributed by atoms with Crippen LogP contribution in [0.3, 0.4) is 0 Å². The van der Waals surface area contributed by atoms with Crippen LogP contribution >= 0.6 is 11.3 Å². The molecule has 0 aliphatic carbocycles. The van der Waals surface area contributed by atoms with E-state index in [1.54, 1.807) is 6.20 Å². The molecule has 1 saturated heterocycles. The lowest BCUT2D eigenvalue weighted by molar-refractivity contribution is -0.00351. The molecule has 3 aromatic heterocycles. The molecule has 7 nitrogen and oxygen atoms in total. The quantitative estimate of drug-likeness (QED) is 0.730. The van der Waals surface area contributed by atoms with Crippen molar-refractivity contribution in [2.75, 3.05) is 18.5 Å². The minimum absolute atomic E-state index is 0.0568. The Balaban J connectivity index is 1.62. The minimum Gasteiger partial charge on any atom is -0.377 e. The van der Waals surface area contributed by atoms with Crippen LogP contribution < -0.4 is 10.6 Å². The van der Waals surface area contributed by atoms with Crippen LogP contribution in [0.2, 0.25) is 0 Å². The zero-order chi connectivity index (χ0) is 17.2. The summed E-state index contributed by atoms with van der Waals surface area (Å²) in [5.41, 5.74) is 2.03. The summed E-state index contributed by atoms with van der Waals surface area (Å²) in [7, 11) is 0. The fourth-order valence-corrected chi connectivity index (χ4v) is 3.37. The Morgan fingerprint density at radius 2 is 2.20 bits per heavy atom. The highest BCUT2D eigenvalue weighted by atomic mass is 32.1. The van der Waals surface area contributed by atoms with Crippen LogP contribution in [-0.4, -0.2) is 40.1 Å². The molecular formula is C17H17N5O2S. The van der Waals surface area contributed by atoms with E-state index in [0.717, 1.165) is 15.9 Å². The van der Waals surface area contributed by atoms with E-state index in [4.69, 9.17) is 4.74 Å². The Kier molecular flexibility index (Phi) is 4.29. The molecule has 4 heterocycles. The van der Waals surface area contributed by atoms with Gasteiger partial charge in [-0.05, 0) is 30.5 Å². The fourth-order valence-electron chi connectivity index (χ4n) is 2.55. The molecule has 4 rings (SSSR count). The van der Waals surface area contributed by atoms with Gasteiger partial charge in [-0.1, -0.05) is 6.07 Å². The highest BCUT2D eigenvalue weighted by Gasteiger charge is 2.24. The normalized spacial score (nSPS) is 15.6. The summed E-state index contributed by atoms with van der Waals surface area (Å²) in [5, 5.41) is 8.08. The van der Waals surface area contributed by atoms with E-state index in [1.165, 1.54) is 11.3 Å². The van der Waals surface area contributed by atoms with Crippen LogP contribution in [0.1, 0.15) is 29.1 Å². The van der Waals surface area contributed by atoms with Gasteiger partial charge in [-0.25, -0.2) is 9.97 Å². The number of thiophene rings is 1. The number of ether oxygens (including phenoxy) is 1. The van der Waals surface area contributed by atoms with E-state index in [9.17, 15) is 4.79 Å². The number of nitrogens with one attached hydrogen (secondary N) is 2. The first-order valence-corrected chi connectivity index (χ1v) is 8.90. The molecule has 0 saturated carbocycles. The van der Waals surface area contributed by atoms with E-state index in [1.807, 2.05) is 36.6 Å². The first-order chi connectivity index (χ1) is 12.2. The Labute approximate surface area is 148 Å². The Morgan fingerprint density at radius 1 is 1.32 bits per heavy atom. The number of amides is 1. The van der Waals surface area contributed by atoms with Crippen molar-refractivity contribution < 1.29 is 9.53 Å². The summed E-state index contributed by atoms with van der Waals surface area (Å²) in [6.45, 7) is 3.08. The monoisotopic (exact) mass is 355 g/mol. The van der Waals surface area contributed by atoms with E-state index < -0.39 is 0 Å². The van der Waals surface area contributed by atoms with Crippen LogP contribution in [0.15, 0.2) is 35.8 Å². The number of aromatic nitrogens is 3. The summed E-state index contributed by atoms with van der Waals surface area (Å²) in [6.07, 6.45) is 1.75. The van der Waals surface area contributed by atoms with Crippen molar-refractivity contribution in [3.05, 3.63) is 47.2 Å². The van der Waals surface area contributed by atoms with E-state index in [-0.39, 0.29) is 18.0 Å². The summed E-state index contributed by atoms with van der Waals surface area (Å²) in [6, 6.07) is 7.61. The first kappa shape index (κ1) is 15.9. The topological polar surface area (TPSA) is 89.0 Å². The van der Waals surface area contributed by atoms with Crippen molar-refractivity contribution in [2.45, 2.75) is 19.0 Å². The van der Waals surface area contributed by atoms with Gasteiger partial charge in [0.1, 0.15) is 0 Å². The van der Waals surface area contributed by atoms with Crippen LogP contribution in [0, 0.1) is 0 Å². The third-order valence-corrected chi connectivity index (χ3v) is 4.88. The third-order valence-electron chi connectivity index (χ3n) is 3.97. The lowest BCUT2D eigenvalue weighted by Gasteiger charge is -2.26. The summed E-state index contributed by atoms with van der Waals surface area (Å²) >= 11 is 1.46. The molecule has 0 radical (unpaired) electrons. The second kappa shape index (κ2) is 6.73. The second-order valence-electron chi connectivity index (χ2n) is 5.86. The standard InChI is InChI=1S/C17H17N5O2S/c1-10(12-4-2-3-6-18-12)19-17-21-13-5-7-25-15(13)14(22-17)16(23)20-11-8-24-9-11/h2-7,10-11H,8-9H2,1H3,(H,20,23)(H,19,21,22)/t10-/m0/s1.